The quantitative estimate of drug-likeness (QED) is 0.279. The van der Waals surface area contributed by atoms with E-state index in [2.05, 4.69) is 10.3 Å². The van der Waals surface area contributed by atoms with E-state index in [9.17, 15) is 4.79 Å². The van der Waals surface area contributed by atoms with Gasteiger partial charge in [0.05, 0.1) is 24.6 Å². The van der Waals surface area contributed by atoms with Crippen molar-refractivity contribution in [1.82, 2.24) is 4.98 Å². The van der Waals surface area contributed by atoms with Crippen molar-refractivity contribution in [3.8, 4) is 17.4 Å². The second kappa shape index (κ2) is 12.2. The number of nitrogens with one attached hydrogen (secondary N) is 1. The van der Waals surface area contributed by atoms with Gasteiger partial charge >= 0.3 is 0 Å². The van der Waals surface area contributed by atoms with E-state index in [0.717, 1.165) is 11.1 Å². The van der Waals surface area contributed by atoms with Gasteiger partial charge in [0.1, 0.15) is 13.2 Å². The maximum Gasteiger partial charge on any atom is 0.256 e. The molecule has 6 heteroatoms. The molecule has 0 fully saturated rings. The van der Waals surface area contributed by atoms with E-state index in [4.69, 9.17) is 14.2 Å². The smallest absolute Gasteiger partial charge is 0.256 e. The largest absolute Gasteiger partial charge is 0.492 e. The molecule has 1 aromatic heterocycles. The lowest BCUT2D eigenvalue weighted by molar-refractivity contribution is 0.102. The van der Waals surface area contributed by atoms with Crippen LogP contribution in [-0.2, 0) is 13.2 Å². The van der Waals surface area contributed by atoms with Crippen LogP contribution < -0.4 is 19.5 Å². The van der Waals surface area contributed by atoms with Crippen molar-refractivity contribution < 1.29 is 19.0 Å². The van der Waals surface area contributed by atoms with E-state index < -0.39 is 0 Å². The summed E-state index contributed by atoms with van der Waals surface area (Å²) in [5.74, 6) is 1.26. The van der Waals surface area contributed by atoms with Crippen LogP contribution >= 0.6 is 0 Å². The molecule has 182 valence electrons. The standard InChI is InChI=1S/C30H28N2O4/c1-3-10-25-26(16-17-27(29(25)34-2)35-20-22-11-6-4-7-12-22)30(33)32-24-15-18-28(31-19-24)36-21-23-13-8-5-9-14-23/h3-19H,20-21H2,1-2H3,(H,32,33)/b10-3+. The van der Waals surface area contributed by atoms with Gasteiger partial charge in [-0.25, -0.2) is 4.98 Å². The highest BCUT2D eigenvalue weighted by Gasteiger charge is 2.19. The molecule has 0 spiro atoms. The monoisotopic (exact) mass is 480 g/mol. The highest BCUT2D eigenvalue weighted by Crippen LogP contribution is 2.35. The van der Waals surface area contributed by atoms with E-state index in [0.29, 0.717) is 47.4 Å². The van der Waals surface area contributed by atoms with Crippen molar-refractivity contribution >= 4 is 17.7 Å². The summed E-state index contributed by atoms with van der Waals surface area (Å²) in [6.07, 6.45) is 5.26. The highest BCUT2D eigenvalue weighted by atomic mass is 16.5. The number of methoxy groups -OCH3 is 1. The van der Waals surface area contributed by atoms with Crippen LogP contribution in [-0.4, -0.2) is 18.0 Å². The first-order valence-electron chi connectivity index (χ1n) is 11.6. The number of carbonyl (C=O) groups excluding carboxylic acids is 1. The fourth-order valence-electron chi connectivity index (χ4n) is 3.64. The van der Waals surface area contributed by atoms with Crippen molar-refractivity contribution in [3.63, 3.8) is 0 Å². The summed E-state index contributed by atoms with van der Waals surface area (Å²) < 4.78 is 17.4. The zero-order valence-electron chi connectivity index (χ0n) is 20.3. The summed E-state index contributed by atoms with van der Waals surface area (Å²) in [7, 11) is 1.57. The SMILES string of the molecule is C/C=C/c1c(C(=O)Nc2ccc(OCc3ccccc3)nc2)ccc(OCc2ccccc2)c1OC. The van der Waals surface area contributed by atoms with Gasteiger partial charge in [0.25, 0.3) is 5.91 Å². The van der Waals surface area contributed by atoms with Crippen LogP contribution in [0.15, 0.2) is 97.2 Å². The predicted molar refractivity (Wildman–Crippen MR) is 141 cm³/mol. The Morgan fingerprint density at radius 3 is 2.11 bits per heavy atom. The van der Waals surface area contributed by atoms with Crippen LogP contribution in [0.1, 0.15) is 34.0 Å². The van der Waals surface area contributed by atoms with Gasteiger partial charge in [-0.1, -0.05) is 72.8 Å². The second-order valence-electron chi connectivity index (χ2n) is 7.95. The molecule has 6 nitrogen and oxygen atoms in total. The number of hydrogen-bond acceptors (Lipinski definition) is 5. The Morgan fingerprint density at radius 2 is 1.53 bits per heavy atom. The average Bonchev–Trinajstić information content (AvgIpc) is 2.92. The van der Waals surface area contributed by atoms with Crippen LogP contribution in [0, 0.1) is 0 Å². The third kappa shape index (κ3) is 6.30. The average molecular weight is 481 g/mol. The molecule has 0 bridgehead atoms. The predicted octanol–water partition coefficient (Wildman–Crippen LogP) is 6.53. The summed E-state index contributed by atoms with van der Waals surface area (Å²) in [5.41, 5.74) is 3.75. The van der Waals surface area contributed by atoms with Crippen molar-refractivity contribution in [1.29, 1.82) is 0 Å². The molecular weight excluding hydrogens is 452 g/mol. The van der Waals surface area contributed by atoms with Gasteiger partial charge in [-0.2, -0.15) is 0 Å². The van der Waals surface area contributed by atoms with E-state index in [1.165, 1.54) is 0 Å². The van der Waals surface area contributed by atoms with E-state index in [1.807, 2.05) is 79.7 Å². The molecule has 0 aliphatic carbocycles. The summed E-state index contributed by atoms with van der Waals surface area (Å²) in [6, 6.07) is 26.7. The molecule has 0 saturated carbocycles. The summed E-state index contributed by atoms with van der Waals surface area (Å²) in [4.78, 5) is 17.5. The molecule has 0 radical (unpaired) electrons. The van der Waals surface area contributed by atoms with Gasteiger partial charge in [0, 0.05) is 11.6 Å². The first-order valence-corrected chi connectivity index (χ1v) is 11.6. The van der Waals surface area contributed by atoms with Gasteiger partial charge in [-0.05, 0) is 36.2 Å². The zero-order chi connectivity index (χ0) is 25.2. The molecule has 1 amide bonds. The van der Waals surface area contributed by atoms with Crippen molar-refractivity contribution in [3.05, 3.63) is 119 Å². The Balaban J connectivity index is 1.47. The number of allylic oxidation sites excluding steroid dienone is 1. The number of hydrogen-bond donors (Lipinski definition) is 1. The Kier molecular flexibility index (Phi) is 8.33. The Bertz CT molecular complexity index is 1300. The van der Waals surface area contributed by atoms with Crippen molar-refractivity contribution in [2.45, 2.75) is 20.1 Å². The van der Waals surface area contributed by atoms with Gasteiger partial charge in [0.15, 0.2) is 11.5 Å². The molecule has 0 unspecified atom stereocenters. The van der Waals surface area contributed by atoms with Crippen LogP contribution in [0.3, 0.4) is 0 Å². The maximum absolute atomic E-state index is 13.2. The van der Waals surface area contributed by atoms with Gasteiger partial charge in [0.2, 0.25) is 5.88 Å². The molecule has 3 aromatic carbocycles. The number of amides is 1. The topological polar surface area (TPSA) is 69.7 Å². The second-order valence-corrected chi connectivity index (χ2v) is 7.95. The first kappa shape index (κ1) is 24.5. The number of ether oxygens (including phenoxy) is 3. The number of anilines is 1. The molecule has 0 aliphatic rings. The normalized spacial score (nSPS) is 10.7. The summed E-state index contributed by atoms with van der Waals surface area (Å²) >= 11 is 0. The number of rotatable bonds is 10. The number of benzene rings is 3. The maximum atomic E-state index is 13.2. The molecule has 36 heavy (non-hydrogen) atoms. The van der Waals surface area contributed by atoms with Crippen molar-refractivity contribution in [2.75, 3.05) is 12.4 Å². The van der Waals surface area contributed by atoms with Crippen LogP contribution in [0.5, 0.6) is 17.4 Å². The lowest BCUT2D eigenvalue weighted by Crippen LogP contribution is -2.14. The molecule has 0 saturated heterocycles. The Morgan fingerprint density at radius 1 is 0.861 bits per heavy atom. The van der Waals surface area contributed by atoms with Crippen LogP contribution in [0.25, 0.3) is 6.08 Å². The summed E-state index contributed by atoms with van der Waals surface area (Å²) in [6.45, 7) is 2.70. The van der Waals surface area contributed by atoms with Crippen LogP contribution in [0.2, 0.25) is 0 Å². The number of aromatic nitrogens is 1. The molecule has 0 atom stereocenters. The third-order valence-electron chi connectivity index (χ3n) is 5.40. The molecule has 0 aliphatic heterocycles. The number of nitrogens with zero attached hydrogens (tertiary/aromatic N) is 1. The van der Waals surface area contributed by atoms with Crippen molar-refractivity contribution in [2.24, 2.45) is 0 Å². The minimum Gasteiger partial charge on any atom is -0.492 e. The minimum absolute atomic E-state index is 0.282. The number of pyridine rings is 1. The van der Waals surface area contributed by atoms with Gasteiger partial charge in [-0.15, -0.1) is 0 Å². The lowest BCUT2D eigenvalue weighted by atomic mass is 10.0. The summed E-state index contributed by atoms with van der Waals surface area (Å²) in [5, 5.41) is 2.90. The fourth-order valence-corrected chi connectivity index (χ4v) is 3.64. The van der Waals surface area contributed by atoms with E-state index in [1.54, 1.807) is 37.6 Å². The van der Waals surface area contributed by atoms with E-state index in [-0.39, 0.29) is 5.91 Å². The molecule has 1 heterocycles. The van der Waals surface area contributed by atoms with Gasteiger partial charge < -0.3 is 19.5 Å². The van der Waals surface area contributed by atoms with Gasteiger partial charge in [-0.3, -0.25) is 4.79 Å². The minimum atomic E-state index is -0.282. The Labute approximate surface area is 211 Å². The highest BCUT2D eigenvalue weighted by molar-refractivity contribution is 6.07. The fraction of sp³-hybridized carbons (Fsp3) is 0.133. The lowest BCUT2D eigenvalue weighted by Gasteiger charge is -2.16. The third-order valence-corrected chi connectivity index (χ3v) is 5.40. The van der Waals surface area contributed by atoms with Crippen LogP contribution in [0.4, 0.5) is 5.69 Å². The molecular formula is C30H28N2O4. The van der Waals surface area contributed by atoms with E-state index >= 15 is 0 Å². The molecule has 4 rings (SSSR count). The molecule has 4 aromatic rings. The zero-order valence-corrected chi connectivity index (χ0v) is 20.3. The number of carbonyl (C=O) groups is 1. The Hall–Kier alpha value is -4.58. The first-order chi connectivity index (χ1) is 17.7. The molecule has 1 N–H and O–H groups in total.